The van der Waals surface area contributed by atoms with Crippen molar-refractivity contribution in [3.8, 4) is 11.5 Å². The summed E-state index contributed by atoms with van der Waals surface area (Å²) in [5, 5.41) is 29.0. The molecule has 1 heterocycles. The van der Waals surface area contributed by atoms with Crippen LogP contribution in [0.5, 0.6) is 11.5 Å². The number of hydrogen-bond donors (Lipinski definition) is 4. The summed E-state index contributed by atoms with van der Waals surface area (Å²) in [6.07, 6.45) is 2.99. The van der Waals surface area contributed by atoms with Gasteiger partial charge in [0, 0.05) is 11.1 Å². The third-order valence-corrected chi connectivity index (χ3v) is 7.13. The standard InChI is InChI=1S/C24H31O11P/c1-13(8-9-17-20(25)19-18(12-34-24(19)30)14(2)21(17)33-4)11-16(23(28)29)7-5-6-10-36(31,32)35-15(3)22(26)27/h5-6,8,15-16,25H,7,9-12H2,1-4H3,(H,26,27)(H,28,29)(H,31,32)/b6-5+,13-8+. The van der Waals surface area contributed by atoms with Gasteiger partial charge in [-0.3, -0.25) is 13.9 Å². The van der Waals surface area contributed by atoms with Crippen molar-refractivity contribution in [1.29, 1.82) is 0 Å². The Labute approximate surface area is 208 Å². The second-order valence-electron chi connectivity index (χ2n) is 8.52. The summed E-state index contributed by atoms with van der Waals surface area (Å²) < 4.78 is 27.1. The van der Waals surface area contributed by atoms with Crippen LogP contribution in [0.2, 0.25) is 0 Å². The van der Waals surface area contributed by atoms with Crippen LogP contribution >= 0.6 is 7.60 Å². The molecule has 4 N–H and O–H groups in total. The molecule has 0 saturated heterocycles. The van der Waals surface area contributed by atoms with Crippen molar-refractivity contribution >= 4 is 25.5 Å². The van der Waals surface area contributed by atoms with E-state index in [9.17, 15) is 34.1 Å². The van der Waals surface area contributed by atoms with Crippen LogP contribution in [0.15, 0.2) is 23.8 Å². The summed E-state index contributed by atoms with van der Waals surface area (Å²) in [7, 11) is -2.72. The number of allylic oxidation sites excluding steroid dienone is 4. The molecule has 0 bridgehead atoms. The number of esters is 1. The van der Waals surface area contributed by atoms with Gasteiger partial charge in [-0.1, -0.05) is 23.8 Å². The van der Waals surface area contributed by atoms with Crippen molar-refractivity contribution in [1.82, 2.24) is 0 Å². The molecule has 1 aromatic carbocycles. The Bertz CT molecular complexity index is 1140. The first kappa shape index (κ1) is 29.1. The molecule has 3 unspecified atom stereocenters. The van der Waals surface area contributed by atoms with Gasteiger partial charge >= 0.3 is 25.5 Å². The fraction of sp³-hybridized carbons (Fsp3) is 0.458. The van der Waals surface area contributed by atoms with Gasteiger partial charge in [0.25, 0.3) is 0 Å². The van der Waals surface area contributed by atoms with Crippen molar-refractivity contribution in [2.45, 2.75) is 52.7 Å². The van der Waals surface area contributed by atoms with Crippen molar-refractivity contribution in [3.63, 3.8) is 0 Å². The first-order chi connectivity index (χ1) is 16.8. The van der Waals surface area contributed by atoms with Crippen LogP contribution in [0.1, 0.15) is 53.7 Å². The zero-order valence-electron chi connectivity index (χ0n) is 20.5. The average molecular weight is 526 g/mol. The van der Waals surface area contributed by atoms with E-state index in [2.05, 4.69) is 4.52 Å². The molecule has 3 atom stereocenters. The van der Waals surface area contributed by atoms with Gasteiger partial charge in [0.05, 0.1) is 19.2 Å². The molecular weight excluding hydrogens is 495 g/mol. The zero-order chi connectivity index (χ0) is 27.2. The summed E-state index contributed by atoms with van der Waals surface area (Å²) in [4.78, 5) is 44.2. The maximum absolute atomic E-state index is 12.0. The predicted molar refractivity (Wildman–Crippen MR) is 128 cm³/mol. The fourth-order valence-corrected chi connectivity index (χ4v) is 4.94. The first-order valence-corrected chi connectivity index (χ1v) is 12.9. The number of carboxylic acid groups (broad SMARTS) is 2. The molecule has 0 spiro atoms. The number of carboxylic acids is 2. The van der Waals surface area contributed by atoms with Crippen LogP contribution in [-0.4, -0.2) is 57.5 Å². The quantitative estimate of drug-likeness (QED) is 0.168. The summed E-state index contributed by atoms with van der Waals surface area (Å²) in [6, 6.07) is 0. The highest BCUT2D eigenvalue weighted by molar-refractivity contribution is 7.53. The Hall–Kier alpha value is -3.14. The van der Waals surface area contributed by atoms with Gasteiger partial charge in [-0.05, 0) is 45.6 Å². The second-order valence-corrected chi connectivity index (χ2v) is 10.4. The molecule has 0 aromatic heterocycles. The molecule has 1 aliphatic heterocycles. The smallest absolute Gasteiger partial charge is 0.342 e. The van der Waals surface area contributed by atoms with Crippen LogP contribution in [0.25, 0.3) is 0 Å². The molecule has 0 saturated carbocycles. The van der Waals surface area contributed by atoms with E-state index in [4.69, 9.17) is 14.6 Å². The van der Waals surface area contributed by atoms with Crippen molar-refractivity contribution < 1.29 is 53.2 Å². The number of fused-ring (bicyclic) bond motifs is 1. The Morgan fingerprint density at radius 2 is 1.89 bits per heavy atom. The Morgan fingerprint density at radius 3 is 2.47 bits per heavy atom. The topological polar surface area (TPSA) is 177 Å². The Morgan fingerprint density at radius 1 is 1.22 bits per heavy atom. The first-order valence-electron chi connectivity index (χ1n) is 11.1. The maximum Gasteiger partial charge on any atom is 0.342 e. The lowest BCUT2D eigenvalue weighted by molar-refractivity contribution is -0.144. The van der Waals surface area contributed by atoms with Crippen LogP contribution in [0, 0.1) is 12.8 Å². The van der Waals surface area contributed by atoms with Gasteiger partial charge in [0.15, 0.2) is 6.10 Å². The molecule has 0 aliphatic carbocycles. The summed E-state index contributed by atoms with van der Waals surface area (Å²) in [5.41, 5.74) is 2.49. The molecular formula is C24H31O11P. The van der Waals surface area contributed by atoms with E-state index in [0.29, 0.717) is 28.0 Å². The number of hydrogen-bond acceptors (Lipinski definition) is 8. The molecule has 0 fully saturated rings. The maximum atomic E-state index is 12.0. The molecule has 1 aromatic rings. The van der Waals surface area contributed by atoms with Gasteiger partial charge in [0.2, 0.25) is 0 Å². The number of phenols is 1. The van der Waals surface area contributed by atoms with Crippen molar-refractivity contribution in [3.05, 3.63) is 46.1 Å². The molecule has 198 valence electrons. The number of rotatable bonds is 13. The number of aromatic hydroxyl groups is 1. The van der Waals surface area contributed by atoms with E-state index >= 15 is 0 Å². The monoisotopic (exact) mass is 526 g/mol. The Kier molecular flexibility index (Phi) is 9.86. The van der Waals surface area contributed by atoms with E-state index < -0.39 is 43.7 Å². The highest BCUT2D eigenvalue weighted by Gasteiger charge is 2.32. The van der Waals surface area contributed by atoms with Crippen LogP contribution in [0.3, 0.4) is 0 Å². The van der Waals surface area contributed by atoms with Gasteiger partial charge in [0.1, 0.15) is 23.7 Å². The normalized spacial score (nSPS) is 16.8. The largest absolute Gasteiger partial charge is 0.507 e. The van der Waals surface area contributed by atoms with E-state index in [1.54, 1.807) is 19.9 Å². The zero-order valence-corrected chi connectivity index (χ0v) is 21.4. The Balaban J connectivity index is 2.09. The molecule has 11 nitrogen and oxygen atoms in total. The summed E-state index contributed by atoms with van der Waals surface area (Å²) in [6.45, 7) is 4.70. The predicted octanol–water partition coefficient (Wildman–Crippen LogP) is 3.58. The minimum Gasteiger partial charge on any atom is -0.507 e. The number of benzene rings is 1. The van der Waals surface area contributed by atoms with Gasteiger partial charge < -0.3 is 29.7 Å². The summed E-state index contributed by atoms with van der Waals surface area (Å²) in [5.74, 6) is -3.66. The number of methoxy groups -OCH3 is 1. The lowest BCUT2D eigenvalue weighted by atomic mass is 9.93. The number of ether oxygens (including phenoxy) is 2. The number of phenolic OH excluding ortho intramolecular Hbond substituents is 1. The number of aliphatic carboxylic acids is 2. The fourth-order valence-electron chi connectivity index (χ4n) is 3.85. The van der Waals surface area contributed by atoms with Gasteiger partial charge in [-0.2, -0.15) is 0 Å². The van der Waals surface area contributed by atoms with E-state index in [1.165, 1.54) is 19.3 Å². The third-order valence-electron chi connectivity index (χ3n) is 5.81. The molecule has 1 aliphatic rings. The van der Waals surface area contributed by atoms with E-state index in [0.717, 1.165) is 6.92 Å². The number of carbonyl (C=O) groups is 3. The number of cyclic esters (lactones) is 1. The molecule has 36 heavy (non-hydrogen) atoms. The average Bonchev–Trinajstić information content (AvgIpc) is 3.18. The summed E-state index contributed by atoms with van der Waals surface area (Å²) >= 11 is 0. The molecule has 0 radical (unpaired) electrons. The van der Waals surface area contributed by atoms with Crippen LogP contribution < -0.4 is 4.74 Å². The lowest BCUT2D eigenvalue weighted by Gasteiger charge is -2.16. The second kappa shape index (κ2) is 12.2. The molecule has 0 amide bonds. The molecule has 12 heteroatoms. The number of carbonyl (C=O) groups excluding carboxylic acids is 1. The van der Waals surface area contributed by atoms with E-state index in [-0.39, 0.29) is 37.2 Å². The minimum absolute atomic E-state index is 0.0589. The van der Waals surface area contributed by atoms with Crippen LogP contribution in [-0.2, 0) is 36.4 Å². The third kappa shape index (κ3) is 7.19. The van der Waals surface area contributed by atoms with E-state index in [1.807, 2.05) is 0 Å². The SMILES string of the molecule is COc1c(C)c2c(c(O)c1C/C=C(\C)CC(C/C=C/CP(=O)(O)OC(C)C(=O)O)C(=O)O)C(=O)OC2. The van der Waals surface area contributed by atoms with Gasteiger partial charge in [-0.15, -0.1) is 0 Å². The van der Waals surface area contributed by atoms with Crippen molar-refractivity contribution in [2.75, 3.05) is 13.3 Å². The minimum atomic E-state index is -4.18. The lowest BCUT2D eigenvalue weighted by Crippen LogP contribution is -2.18. The molecule has 2 rings (SSSR count). The van der Waals surface area contributed by atoms with Crippen LogP contribution in [0.4, 0.5) is 0 Å². The highest BCUT2D eigenvalue weighted by Crippen LogP contribution is 2.43. The van der Waals surface area contributed by atoms with Crippen molar-refractivity contribution in [2.24, 2.45) is 5.92 Å². The highest BCUT2D eigenvalue weighted by atomic mass is 31.2. The van der Waals surface area contributed by atoms with Gasteiger partial charge in [-0.25, -0.2) is 9.59 Å².